The van der Waals surface area contributed by atoms with Crippen LogP contribution >= 0.6 is 0 Å². The molecule has 0 spiro atoms. The Morgan fingerprint density at radius 2 is 1.63 bits per heavy atom. The standard InChI is InChI=1S/C25H31FN4/c1-19-25(20(2)30(27-19)24-11-9-22(26)10-12-24)18-29(17-21-7-5-4-6-8-21)23-13-15-28(3)16-14-23/h4-12,23H,13-18H2,1-3H3. The van der Waals surface area contributed by atoms with Gasteiger partial charge in [-0.1, -0.05) is 30.3 Å². The molecule has 0 bridgehead atoms. The number of rotatable bonds is 6. The van der Waals surface area contributed by atoms with Crippen molar-refractivity contribution in [3.8, 4) is 5.69 Å². The van der Waals surface area contributed by atoms with Crippen molar-refractivity contribution in [2.24, 2.45) is 0 Å². The lowest BCUT2D eigenvalue weighted by Gasteiger charge is -2.37. The van der Waals surface area contributed by atoms with E-state index in [1.165, 1.54) is 36.1 Å². The average molecular weight is 407 g/mol. The number of likely N-dealkylation sites (tertiary alicyclic amines) is 1. The molecule has 1 aromatic heterocycles. The van der Waals surface area contributed by atoms with E-state index in [0.717, 1.165) is 43.3 Å². The highest BCUT2D eigenvalue weighted by Crippen LogP contribution is 2.25. The van der Waals surface area contributed by atoms with Gasteiger partial charge in [0, 0.05) is 30.4 Å². The van der Waals surface area contributed by atoms with E-state index >= 15 is 0 Å². The highest BCUT2D eigenvalue weighted by Gasteiger charge is 2.25. The maximum atomic E-state index is 13.4. The fourth-order valence-electron chi connectivity index (χ4n) is 4.43. The molecular weight excluding hydrogens is 375 g/mol. The van der Waals surface area contributed by atoms with Gasteiger partial charge in [0.1, 0.15) is 5.82 Å². The zero-order valence-electron chi connectivity index (χ0n) is 18.2. The minimum Gasteiger partial charge on any atom is -0.306 e. The van der Waals surface area contributed by atoms with Gasteiger partial charge in [0.15, 0.2) is 0 Å². The molecule has 0 amide bonds. The fourth-order valence-corrected chi connectivity index (χ4v) is 4.43. The number of aryl methyl sites for hydroxylation is 1. The highest BCUT2D eigenvalue weighted by molar-refractivity contribution is 5.37. The topological polar surface area (TPSA) is 24.3 Å². The molecule has 1 aliphatic rings. The molecule has 158 valence electrons. The van der Waals surface area contributed by atoms with Crippen LogP contribution in [0.1, 0.15) is 35.4 Å². The maximum absolute atomic E-state index is 13.4. The van der Waals surface area contributed by atoms with E-state index < -0.39 is 0 Å². The molecule has 4 rings (SSSR count). The van der Waals surface area contributed by atoms with E-state index in [9.17, 15) is 4.39 Å². The van der Waals surface area contributed by atoms with Crippen LogP contribution in [0.2, 0.25) is 0 Å². The largest absolute Gasteiger partial charge is 0.306 e. The monoisotopic (exact) mass is 406 g/mol. The molecule has 5 heteroatoms. The molecule has 2 heterocycles. The SMILES string of the molecule is Cc1nn(-c2ccc(F)cc2)c(C)c1CN(Cc1ccccc1)C1CCN(C)CC1. The van der Waals surface area contributed by atoms with Gasteiger partial charge in [0.25, 0.3) is 0 Å². The van der Waals surface area contributed by atoms with Crippen molar-refractivity contribution in [2.75, 3.05) is 20.1 Å². The molecule has 0 radical (unpaired) electrons. The smallest absolute Gasteiger partial charge is 0.123 e. The zero-order chi connectivity index (χ0) is 21.1. The third-order valence-electron chi connectivity index (χ3n) is 6.31. The van der Waals surface area contributed by atoms with Crippen molar-refractivity contribution >= 4 is 0 Å². The summed E-state index contributed by atoms with van der Waals surface area (Å²) in [7, 11) is 2.21. The van der Waals surface area contributed by atoms with Crippen molar-refractivity contribution in [3.05, 3.63) is 82.9 Å². The molecule has 0 saturated carbocycles. The normalized spacial score (nSPS) is 15.8. The van der Waals surface area contributed by atoms with Crippen LogP contribution in [0.4, 0.5) is 4.39 Å². The Bertz CT molecular complexity index is 957. The van der Waals surface area contributed by atoms with Crippen LogP contribution < -0.4 is 0 Å². The van der Waals surface area contributed by atoms with Gasteiger partial charge in [0.05, 0.1) is 11.4 Å². The summed E-state index contributed by atoms with van der Waals surface area (Å²) < 4.78 is 15.3. The highest BCUT2D eigenvalue weighted by atomic mass is 19.1. The van der Waals surface area contributed by atoms with Crippen LogP contribution in [0.5, 0.6) is 0 Å². The van der Waals surface area contributed by atoms with Crippen molar-refractivity contribution in [2.45, 2.75) is 45.8 Å². The number of aromatic nitrogens is 2. The third-order valence-corrected chi connectivity index (χ3v) is 6.31. The summed E-state index contributed by atoms with van der Waals surface area (Å²) in [6.07, 6.45) is 2.38. The van der Waals surface area contributed by atoms with E-state index in [2.05, 4.69) is 61.0 Å². The molecule has 4 nitrogen and oxygen atoms in total. The molecule has 3 aromatic rings. The van der Waals surface area contributed by atoms with E-state index in [1.807, 2.05) is 4.68 Å². The zero-order valence-corrected chi connectivity index (χ0v) is 18.2. The maximum Gasteiger partial charge on any atom is 0.123 e. The average Bonchev–Trinajstić information content (AvgIpc) is 3.03. The number of hydrogen-bond acceptors (Lipinski definition) is 3. The van der Waals surface area contributed by atoms with Crippen molar-refractivity contribution in [3.63, 3.8) is 0 Å². The lowest BCUT2D eigenvalue weighted by Crippen LogP contribution is -2.43. The van der Waals surface area contributed by atoms with Crippen molar-refractivity contribution < 1.29 is 4.39 Å². The second-order valence-electron chi connectivity index (χ2n) is 8.46. The third kappa shape index (κ3) is 4.63. The first-order chi connectivity index (χ1) is 14.5. The molecule has 30 heavy (non-hydrogen) atoms. The summed E-state index contributed by atoms with van der Waals surface area (Å²) in [6.45, 7) is 8.30. The van der Waals surface area contributed by atoms with Gasteiger partial charge in [-0.25, -0.2) is 9.07 Å². The predicted molar refractivity (Wildman–Crippen MR) is 119 cm³/mol. The number of halogens is 1. The molecule has 1 saturated heterocycles. The number of piperidine rings is 1. The molecule has 1 fully saturated rings. The quantitative estimate of drug-likeness (QED) is 0.592. The van der Waals surface area contributed by atoms with Gasteiger partial charge in [0.2, 0.25) is 0 Å². The summed E-state index contributed by atoms with van der Waals surface area (Å²) in [5.41, 5.74) is 5.69. The minimum atomic E-state index is -0.225. The molecular formula is C25H31FN4. The van der Waals surface area contributed by atoms with E-state index in [1.54, 1.807) is 12.1 Å². The van der Waals surface area contributed by atoms with Crippen LogP contribution in [-0.4, -0.2) is 45.8 Å². The van der Waals surface area contributed by atoms with Gasteiger partial charge in [-0.05, 0) is 76.7 Å². The molecule has 0 unspecified atom stereocenters. The molecule has 2 aromatic carbocycles. The summed E-state index contributed by atoms with van der Waals surface area (Å²) in [4.78, 5) is 5.04. The molecule has 0 N–H and O–H groups in total. The van der Waals surface area contributed by atoms with E-state index in [-0.39, 0.29) is 5.82 Å². The van der Waals surface area contributed by atoms with Gasteiger partial charge >= 0.3 is 0 Å². The second-order valence-corrected chi connectivity index (χ2v) is 8.46. The minimum absolute atomic E-state index is 0.225. The Balaban J connectivity index is 1.61. The Hall–Kier alpha value is -2.50. The molecule has 0 atom stereocenters. The van der Waals surface area contributed by atoms with Crippen LogP contribution in [0.3, 0.4) is 0 Å². The van der Waals surface area contributed by atoms with Crippen LogP contribution in [-0.2, 0) is 13.1 Å². The van der Waals surface area contributed by atoms with Crippen LogP contribution in [0.25, 0.3) is 5.69 Å². The van der Waals surface area contributed by atoms with Gasteiger partial charge < -0.3 is 4.90 Å². The molecule has 0 aliphatic carbocycles. The Morgan fingerprint density at radius 1 is 0.967 bits per heavy atom. The van der Waals surface area contributed by atoms with Gasteiger partial charge in [-0.3, -0.25) is 4.90 Å². The summed E-state index contributed by atoms with van der Waals surface area (Å²) >= 11 is 0. The summed E-state index contributed by atoms with van der Waals surface area (Å²) in [6, 6.07) is 17.9. The lowest BCUT2D eigenvalue weighted by atomic mass is 10.0. The number of nitrogens with zero attached hydrogens (tertiary/aromatic N) is 4. The van der Waals surface area contributed by atoms with Gasteiger partial charge in [-0.2, -0.15) is 5.10 Å². The summed E-state index contributed by atoms with van der Waals surface area (Å²) in [5.74, 6) is -0.225. The van der Waals surface area contributed by atoms with Crippen LogP contribution in [0, 0.1) is 19.7 Å². The lowest BCUT2D eigenvalue weighted by molar-refractivity contribution is 0.107. The van der Waals surface area contributed by atoms with E-state index in [4.69, 9.17) is 5.10 Å². The van der Waals surface area contributed by atoms with E-state index in [0.29, 0.717) is 6.04 Å². The fraction of sp³-hybridized carbons (Fsp3) is 0.400. The second kappa shape index (κ2) is 9.11. The Morgan fingerprint density at radius 3 is 2.30 bits per heavy atom. The Kier molecular flexibility index (Phi) is 6.30. The Labute approximate surface area is 178 Å². The first-order valence-electron chi connectivity index (χ1n) is 10.8. The van der Waals surface area contributed by atoms with Crippen molar-refractivity contribution in [1.29, 1.82) is 0 Å². The van der Waals surface area contributed by atoms with Gasteiger partial charge in [-0.15, -0.1) is 0 Å². The summed E-state index contributed by atoms with van der Waals surface area (Å²) in [5, 5.41) is 4.79. The van der Waals surface area contributed by atoms with Crippen molar-refractivity contribution in [1.82, 2.24) is 19.6 Å². The predicted octanol–water partition coefficient (Wildman–Crippen LogP) is 4.72. The van der Waals surface area contributed by atoms with Crippen LogP contribution in [0.15, 0.2) is 54.6 Å². The number of benzene rings is 2. The first-order valence-corrected chi connectivity index (χ1v) is 10.8. The first kappa shape index (κ1) is 20.8. The number of hydrogen-bond donors (Lipinski definition) is 0. The molecule has 1 aliphatic heterocycles.